The molecule has 0 atom stereocenters. The Bertz CT molecular complexity index is 750. The maximum absolute atomic E-state index is 13.1. The Morgan fingerprint density at radius 3 is 2.39 bits per heavy atom. The normalized spacial score (nSPS) is 14.9. The molecule has 158 valence electrons. The molecule has 1 aliphatic heterocycles. The Labute approximate surface area is 166 Å². The number of nitrogens with zero attached hydrogens (tertiary/aromatic N) is 2. The molecule has 0 unspecified atom stereocenters. The number of nitrogens with one attached hydrogen (secondary N) is 1. The van der Waals surface area contributed by atoms with Crippen LogP contribution in [0.15, 0.2) is 23.1 Å². The van der Waals surface area contributed by atoms with E-state index in [1.807, 2.05) is 0 Å². The smallest absolute Gasteiger partial charge is 0.243 e. The lowest BCUT2D eigenvalue weighted by atomic mass is 10.3. The standard InChI is InChI=1S/C18H29N3O6S/c1-25-13-12-21(9-6-18(22)20-10-7-19-8-11-20)28(23,24)15-4-5-16(26-2)17(14-15)27-3/h4-5,14,19H,6-13H2,1-3H3. The first-order valence-corrected chi connectivity index (χ1v) is 10.6. The van der Waals surface area contributed by atoms with Gasteiger partial charge in [-0.1, -0.05) is 0 Å². The molecule has 1 aromatic carbocycles. The number of sulfonamides is 1. The van der Waals surface area contributed by atoms with Gasteiger partial charge in [0.1, 0.15) is 0 Å². The number of carbonyl (C=O) groups is 1. The van der Waals surface area contributed by atoms with Crippen LogP contribution in [-0.2, 0) is 19.6 Å². The number of rotatable bonds is 10. The van der Waals surface area contributed by atoms with Crippen LogP contribution in [0.5, 0.6) is 11.5 Å². The third-order valence-corrected chi connectivity index (χ3v) is 6.48. The summed E-state index contributed by atoms with van der Waals surface area (Å²) in [6.45, 7) is 3.25. The molecule has 1 aromatic rings. The van der Waals surface area contributed by atoms with Crippen molar-refractivity contribution in [3.8, 4) is 11.5 Å². The molecule has 0 aromatic heterocycles. The zero-order chi connectivity index (χ0) is 20.6. The molecule has 28 heavy (non-hydrogen) atoms. The summed E-state index contributed by atoms with van der Waals surface area (Å²) in [5.74, 6) is 0.720. The molecule has 1 saturated heterocycles. The van der Waals surface area contributed by atoms with Crippen molar-refractivity contribution in [2.24, 2.45) is 0 Å². The third-order valence-electron chi connectivity index (χ3n) is 4.58. The Hall–Kier alpha value is -1.88. The predicted octanol–water partition coefficient (Wildman–Crippen LogP) is 0.163. The second kappa shape index (κ2) is 10.6. The zero-order valence-corrected chi connectivity index (χ0v) is 17.5. The van der Waals surface area contributed by atoms with Gasteiger partial charge in [-0.05, 0) is 12.1 Å². The second-order valence-corrected chi connectivity index (χ2v) is 8.23. The summed E-state index contributed by atoms with van der Waals surface area (Å²) in [7, 11) is 0.617. The lowest BCUT2D eigenvalue weighted by Gasteiger charge is -2.28. The summed E-state index contributed by atoms with van der Waals surface area (Å²) in [5.41, 5.74) is 0. The molecule has 10 heteroatoms. The maximum Gasteiger partial charge on any atom is 0.243 e. The highest BCUT2D eigenvalue weighted by molar-refractivity contribution is 7.89. The largest absolute Gasteiger partial charge is 0.493 e. The van der Waals surface area contributed by atoms with E-state index in [1.165, 1.54) is 37.8 Å². The zero-order valence-electron chi connectivity index (χ0n) is 16.6. The molecule has 9 nitrogen and oxygen atoms in total. The molecule has 1 fully saturated rings. The number of piperazine rings is 1. The van der Waals surface area contributed by atoms with Gasteiger partial charge in [0.15, 0.2) is 11.5 Å². The van der Waals surface area contributed by atoms with Crippen LogP contribution < -0.4 is 14.8 Å². The van der Waals surface area contributed by atoms with Crippen LogP contribution in [0.2, 0.25) is 0 Å². The van der Waals surface area contributed by atoms with Crippen LogP contribution in [0, 0.1) is 0 Å². The molecule has 0 saturated carbocycles. The van der Waals surface area contributed by atoms with Crippen LogP contribution >= 0.6 is 0 Å². The van der Waals surface area contributed by atoms with E-state index in [4.69, 9.17) is 14.2 Å². The highest BCUT2D eigenvalue weighted by Crippen LogP contribution is 2.30. The average molecular weight is 416 g/mol. The van der Waals surface area contributed by atoms with Gasteiger partial charge in [0.05, 0.1) is 25.7 Å². The van der Waals surface area contributed by atoms with E-state index in [9.17, 15) is 13.2 Å². The summed E-state index contributed by atoms with van der Waals surface area (Å²) in [6.07, 6.45) is 0.121. The molecule has 0 aliphatic carbocycles. The molecule has 0 spiro atoms. The van der Waals surface area contributed by atoms with Crippen molar-refractivity contribution < 1.29 is 27.4 Å². The Balaban J connectivity index is 2.16. The van der Waals surface area contributed by atoms with Crippen molar-refractivity contribution in [2.75, 3.05) is 67.2 Å². The van der Waals surface area contributed by atoms with Crippen molar-refractivity contribution in [2.45, 2.75) is 11.3 Å². The van der Waals surface area contributed by atoms with Gasteiger partial charge in [-0.25, -0.2) is 8.42 Å². The fourth-order valence-corrected chi connectivity index (χ4v) is 4.40. The number of hydrogen-bond acceptors (Lipinski definition) is 7. The van der Waals surface area contributed by atoms with E-state index in [1.54, 1.807) is 11.0 Å². The molecule has 0 radical (unpaired) electrons. The number of benzene rings is 1. The van der Waals surface area contributed by atoms with Gasteiger partial charge < -0.3 is 24.4 Å². The highest BCUT2D eigenvalue weighted by atomic mass is 32.2. The van der Waals surface area contributed by atoms with Crippen molar-refractivity contribution in [3.63, 3.8) is 0 Å². The van der Waals surface area contributed by atoms with Gasteiger partial charge in [-0.3, -0.25) is 4.79 Å². The quantitative estimate of drug-likeness (QED) is 0.581. The van der Waals surface area contributed by atoms with Gasteiger partial charge in [-0.15, -0.1) is 0 Å². The lowest BCUT2D eigenvalue weighted by Crippen LogP contribution is -2.47. The molecule has 1 N–H and O–H groups in total. The predicted molar refractivity (Wildman–Crippen MR) is 104 cm³/mol. The van der Waals surface area contributed by atoms with Crippen molar-refractivity contribution in [3.05, 3.63) is 18.2 Å². The first-order valence-electron chi connectivity index (χ1n) is 9.13. The summed E-state index contributed by atoms with van der Waals surface area (Å²) >= 11 is 0. The minimum absolute atomic E-state index is 0.0496. The second-order valence-electron chi connectivity index (χ2n) is 6.29. The topological polar surface area (TPSA) is 97.4 Å². The molecule has 1 aliphatic rings. The Morgan fingerprint density at radius 2 is 1.79 bits per heavy atom. The molecule has 2 rings (SSSR count). The molecule has 1 amide bonds. The van der Waals surface area contributed by atoms with E-state index in [0.717, 1.165) is 13.1 Å². The first kappa shape index (κ1) is 22.4. The number of amides is 1. The molecule has 1 heterocycles. The van der Waals surface area contributed by atoms with Crippen molar-refractivity contribution >= 4 is 15.9 Å². The molecular weight excluding hydrogens is 386 g/mol. The van der Waals surface area contributed by atoms with Crippen molar-refractivity contribution in [1.82, 2.24) is 14.5 Å². The van der Waals surface area contributed by atoms with Gasteiger partial charge in [-0.2, -0.15) is 4.31 Å². The van der Waals surface area contributed by atoms with E-state index < -0.39 is 10.0 Å². The number of ether oxygens (including phenoxy) is 3. The monoisotopic (exact) mass is 415 g/mol. The van der Waals surface area contributed by atoms with Crippen LogP contribution in [0.4, 0.5) is 0 Å². The first-order chi connectivity index (χ1) is 13.4. The van der Waals surface area contributed by atoms with Gasteiger partial charge in [0.2, 0.25) is 15.9 Å². The fourth-order valence-electron chi connectivity index (χ4n) is 2.96. The molecular formula is C18H29N3O6S. The van der Waals surface area contributed by atoms with Crippen LogP contribution in [0.3, 0.4) is 0 Å². The SMILES string of the molecule is COCCN(CCC(=O)N1CCNCC1)S(=O)(=O)c1ccc(OC)c(OC)c1. The van der Waals surface area contributed by atoms with E-state index in [0.29, 0.717) is 24.6 Å². The number of methoxy groups -OCH3 is 3. The summed E-state index contributed by atoms with van der Waals surface area (Å²) < 4.78 is 43.0. The Kier molecular flexibility index (Phi) is 8.49. The van der Waals surface area contributed by atoms with Crippen LogP contribution in [-0.4, -0.2) is 90.7 Å². The van der Waals surface area contributed by atoms with Crippen LogP contribution in [0.25, 0.3) is 0 Å². The minimum atomic E-state index is -3.82. The van der Waals surface area contributed by atoms with Crippen LogP contribution in [0.1, 0.15) is 6.42 Å². The summed E-state index contributed by atoms with van der Waals surface area (Å²) in [6, 6.07) is 4.44. The number of carbonyl (C=O) groups excluding carboxylic acids is 1. The third kappa shape index (κ3) is 5.57. The number of hydrogen-bond donors (Lipinski definition) is 1. The molecule has 0 bridgehead atoms. The fraction of sp³-hybridized carbons (Fsp3) is 0.611. The van der Waals surface area contributed by atoms with E-state index in [2.05, 4.69) is 5.32 Å². The summed E-state index contributed by atoms with van der Waals surface area (Å²) in [4.78, 5) is 14.3. The van der Waals surface area contributed by atoms with E-state index in [-0.39, 0.29) is 36.9 Å². The van der Waals surface area contributed by atoms with E-state index >= 15 is 0 Å². The average Bonchev–Trinajstić information content (AvgIpc) is 2.73. The van der Waals surface area contributed by atoms with Gasteiger partial charge in [0.25, 0.3) is 0 Å². The Morgan fingerprint density at radius 1 is 1.11 bits per heavy atom. The summed E-state index contributed by atoms with van der Waals surface area (Å²) in [5, 5.41) is 3.19. The van der Waals surface area contributed by atoms with Gasteiger partial charge in [0, 0.05) is 58.9 Å². The minimum Gasteiger partial charge on any atom is -0.493 e. The van der Waals surface area contributed by atoms with Crippen molar-refractivity contribution in [1.29, 1.82) is 0 Å². The highest BCUT2D eigenvalue weighted by Gasteiger charge is 2.27. The lowest BCUT2D eigenvalue weighted by molar-refractivity contribution is -0.131. The maximum atomic E-state index is 13.1. The van der Waals surface area contributed by atoms with Gasteiger partial charge >= 0.3 is 0 Å².